The summed E-state index contributed by atoms with van der Waals surface area (Å²) in [6.07, 6.45) is -0.728. The molecule has 0 fully saturated rings. The van der Waals surface area contributed by atoms with Gasteiger partial charge in [0.05, 0.1) is 5.02 Å². The van der Waals surface area contributed by atoms with Crippen LogP contribution in [0, 0.1) is 0 Å². The number of hydrogen-bond acceptors (Lipinski definition) is 4. The third-order valence-electron chi connectivity index (χ3n) is 3.91. The lowest BCUT2D eigenvalue weighted by Gasteiger charge is -2.16. The Balaban J connectivity index is 2.07. The molecule has 0 aliphatic rings. The van der Waals surface area contributed by atoms with Gasteiger partial charge in [0.15, 0.2) is 6.10 Å². The van der Waals surface area contributed by atoms with E-state index in [0.717, 1.165) is 11.1 Å². The van der Waals surface area contributed by atoms with E-state index in [0.29, 0.717) is 22.5 Å². The smallest absolute Gasteiger partial charge is 0.336 e. The second-order valence-electron chi connectivity index (χ2n) is 5.78. The molecule has 0 aliphatic heterocycles. The van der Waals surface area contributed by atoms with Gasteiger partial charge in [0.1, 0.15) is 11.3 Å². The highest BCUT2D eigenvalue weighted by molar-refractivity contribution is 6.33. The van der Waals surface area contributed by atoms with Crippen LogP contribution >= 0.6 is 11.6 Å². The molecule has 0 spiro atoms. The second kappa shape index (κ2) is 7.62. The molecule has 26 heavy (non-hydrogen) atoms. The van der Waals surface area contributed by atoms with E-state index in [1.165, 1.54) is 6.07 Å². The van der Waals surface area contributed by atoms with Gasteiger partial charge in [0.2, 0.25) is 0 Å². The SMILES string of the molecule is CCNC(=O)C(C)Oc1cc2oc(=O)cc(-c3ccccc3)c2cc1Cl. The molecule has 0 bridgehead atoms. The maximum absolute atomic E-state index is 12.0. The van der Waals surface area contributed by atoms with Gasteiger partial charge >= 0.3 is 5.63 Å². The summed E-state index contributed by atoms with van der Waals surface area (Å²) in [5.41, 5.74) is 1.48. The molecule has 5 nitrogen and oxygen atoms in total. The van der Waals surface area contributed by atoms with Crippen molar-refractivity contribution in [1.29, 1.82) is 0 Å². The first-order chi connectivity index (χ1) is 12.5. The Labute approximate surface area is 155 Å². The molecule has 0 saturated carbocycles. The van der Waals surface area contributed by atoms with Crippen LogP contribution in [0.2, 0.25) is 5.02 Å². The van der Waals surface area contributed by atoms with Crippen LogP contribution in [0.15, 0.2) is 57.7 Å². The monoisotopic (exact) mass is 371 g/mol. The number of halogens is 1. The Bertz CT molecular complexity index is 998. The largest absolute Gasteiger partial charge is 0.479 e. The van der Waals surface area contributed by atoms with E-state index >= 15 is 0 Å². The van der Waals surface area contributed by atoms with Crippen LogP contribution in [-0.4, -0.2) is 18.6 Å². The zero-order valence-electron chi connectivity index (χ0n) is 14.4. The maximum atomic E-state index is 12.0. The van der Waals surface area contributed by atoms with E-state index in [2.05, 4.69) is 5.32 Å². The van der Waals surface area contributed by atoms with Gasteiger partial charge in [-0.15, -0.1) is 0 Å². The molecule has 3 aromatic rings. The summed E-state index contributed by atoms with van der Waals surface area (Å²) in [6, 6.07) is 14.2. The molecule has 0 aliphatic carbocycles. The minimum absolute atomic E-state index is 0.247. The molecule has 0 saturated heterocycles. The number of hydrogen-bond donors (Lipinski definition) is 1. The number of ether oxygens (including phenoxy) is 1. The quantitative estimate of drug-likeness (QED) is 0.688. The highest BCUT2D eigenvalue weighted by atomic mass is 35.5. The van der Waals surface area contributed by atoms with Crippen molar-refractivity contribution in [1.82, 2.24) is 5.32 Å². The molecule has 3 rings (SSSR count). The molecule has 1 heterocycles. The molecule has 1 aromatic heterocycles. The van der Waals surface area contributed by atoms with Crippen molar-refractivity contribution >= 4 is 28.5 Å². The van der Waals surface area contributed by atoms with Crippen molar-refractivity contribution in [3.8, 4) is 16.9 Å². The van der Waals surface area contributed by atoms with Crippen LogP contribution in [-0.2, 0) is 4.79 Å². The molecular weight excluding hydrogens is 354 g/mol. The summed E-state index contributed by atoms with van der Waals surface area (Å²) in [6.45, 7) is 3.96. The third-order valence-corrected chi connectivity index (χ3v) is 4.20. The number of rotatable bonds is 5. The van der Waals surface area contributed by atoms with Crippen LogP contribution < -0.4 is 15.7 Å². The van der Waals surface area contributed by atoms with Crippen LogP contribution in [0.4, 0.5) is 0 Å². The number of benzene rings is 2. The first-order valence-corrected chi connectivity index (χ1v) is 8.64. The Morgan fingerprint density at radius 2 is 1.96 bits per heavy atom. The van der Waals surface area contributed by atoms with Crippen LogP contribution in [0.25, 0.3) is 22.1 Å². The Morgan fingerprint density at radius 1 is 1.23 bits per heavy atom. The number of carbonyl (C=O) groups excluding carboxylic acids is 1. The summed E-state index contributed by atoms with van der Waals surface area (Å²) in [4.78, 5) is 23.8. The Hall–Kier alpha value is -2.79. The number of fused-ring (bicyclic) bond motifs is 1. The van der Waals surface area contributed by atoms with Gasteiger partial charge in [-0.2, -0.15) is 0 Å². The van der Waals surface area contributed by atoms with E-state index in [1.807, 2.05) is 37.3 Å². The Morgan fingerprint density at radius 3 is 2.65 bits per heavy atom. The van der Waals surface area contributed by atoms with E-state index in [-0.39, 0.29) is 11.7 Å². The summed E-state index contributed by atoms with van der Waals surface area (Å²) >= 11 is 6.35. The zero-order valence-corrected chi connectivity index (χ0v) is 15.2. The van der Waals surface area contributed by atoms with E-state index < -0.39 is 11.7 Å². The first kappa shape index (κ1) is 18.0. The van der Waals surface area contributed by atoms with Crippen LogP contribution in [0.3, 0.4) is 0 Å². The van der Waals surface area contributed by atoms with Gasteiger partial charge in [-0.3, -0.25) is 4.79 Å². The molecule has 1 atom stereocenters. The third kappa shape index (κ3) is 3.73. The Kier molecular flexibility index (Phi) is 5.28. The second-order valence-corrected chi connectivity index (χ2v) is 6.19. The minimum Gasteiger partial charge on any atom is -0.479 e. The van der Waals surface area contributed by atoms with Crippen molar-refractivity contribution in [2.24, 2.45) is 0 Å². The summed E-state index contributed by atoms with van der Waals surface area (Å²) in [7, 11) is 0. The van der Waals surface area contributed by atoms with E-state index in [4.69, 9.17) is 20.8 Å². The molecule has 134 valence electrons. The lowest BCUT2D eigenvalue weighted by Crippen LogP contribution is -2.36. The number of carbonyl (C=O) groups is 1. The summed E-state index contributed by atoms with van der Waals surface area (Å²) < 4.78 is 11.0. The fourth-order valence-electron chi connectivity index (χ4n) is 2.67. The van der Waals surface area contributed by atoms with E-state index in [1.54, 1.807) is 19.1 Å². The molecule has 1 amide bonds. The molecule has 1 N–H and O–H groups in total. The fourth-order valence-corrected chi connectivity index (χ4v) is 2.88. The van der Waals surface area contributed by atoms with Crippen LogP contribution in [0.5, 0.6) is 5.75 Å². The average molecular weight is 372 g/mol. The molecule has 1 unspecified atom stereocenters. The van der Waals surface area contributed by atoms with Gasteiger partial charge in [0.25, 0.3) is 5.91 Å². The van der Waals surface area contributed by atoms with Crippen molar-refractivity contribution in [3.05, 3.63) is 64.0 Å². The highest BCUT2D eigenvalue weighted by Crippen LogP contribution is 2.35. The van der Waals surface area contributed by atoms with Gasteiger partial charge in [-0.1, -0.05) is 41.9 Å². The van der Waals surface area contributed by atoms with Crippen LogP contribution in [0.1, 0.15) is 13.8 Å². The van der Waals surface area contributed by atoms with Gasteiger partial charge in [-0.05, 0) is 31.0 Å². The van der Waals surface area contributed by atoms with Crippen molar-refractivity contribution in [2.45, 2.75) is 20.0 Å². The minimum atomic E-state index is -0.728. The van der Waals surface area contributed by atoms with Gasteiger partial charge in [0, 0.05) is 24.1 Å². The topological polar surface area (TPSA) is 68.5 Å². The molecular formula is C20H18ClNO4. The molecule has 0 radical (unpaired) electrons. The molecule has 2 aromatic carbocycles. The van der Waals surface area contributed by atoms with Gasteiger partial charge in [-0.25, -0.2) is 4.79 Å². The van der Waals surface area contributed by atoms with Crippen molar-refractivity contribution < 1.29 is 13.9 Å². The summed E-state index contributed by atoms with van der Waals surface area (Å²) in [5, 5.41) is 3.71. The zero-order chi connectivity index (χ0) is 18.7. The standard InChI is InChI=1S/C20H18ClNO4/c1-3-22-20(24)12(2)25-18-11-17-15(9-16(18)21)14(10-19(23)26-17)13-7-5-4-6-8-13/h4-12H,3H2,1-2H3,(H,22,24). The maximum Gasteiger partial charge on any atom is 0.336 e. The predicted octanol–water partition coefficient (Wildman–Crippen LogP) is 4.02. The summed E-state index contributed by atoms with van der Waals surface area (Å²) in [5.74, 6) is 0.0365. The number of likely N-dealkylation sites (N-methyl/N-ethyl adjacent to an activating group) is 1. The van der Waals surface area contributed by atoms with Crippen molar-refractivity contribution in [3.63, 3.8) is 0 Å². The fraction of sp³-hybridized carbons (Fsp3) is 0.200. The normalized spacial score (nSPS) is 12.0. The number of nitrogens with one attached hydrogen (secondary N) is 1. The average Bonchev–Trinajstić information content (AvgIpc) is 2.63. The van der Waals surface area contributed by atoms with Crippen molar-refractivity contribution in [2.75, 3.05) is 6.54 Å². The highest BCUT2D eigenvalue weighted by Gasteiger charge is 2.17. The van der Waals surface area contributed by atoms with E-state index in [9.17, 15) is 9.59 Å². The van der Waals surface area contributed by atoms with Gasteiger partial charge < -0.3 is 14.5 Å². The predicted molar refractivity (Wildman–Crippen MR) is 102 cm³/mol. The number of amides is 1. The molecule has 6 heteroatoms. The lowest BCUT2D eigenvalue weighted by molar-refractivity contribution is -0.127. The lowest BCUT2D eigenvalue weighted by atomic mass is 10.0. The first-order valence-electron chi connectivity index (χ1n) is 8.26.